The first-order valence-corrected chi connectivity index (χ1v) is 5.77. The molecule has 0 atom stereocenters. The van der Waals surface area contributed by atoms with Crippen LogP contribution in [0.3, 0.4) is 0 Å². The molecule has 1 aromatic heterocycles. The van der Waals surface area contributed by atoms with Crippen LogP contribution in [0.2, 0.25) is 5.02 Å². The van der Waals surface area contributed by atoms with E-state index in [9.17, 15) is 4.79 Å². The molecule has 0 aliphatic rings. The summed E-state index contributed by atoms with van der Waals surface area (Å²) in [4.78, 5) is 19.7. The molecule has 0 N–H and O–H groups in total. The smallest absolute Gasteiger partial charge is 0.188 e. The monoisotopic (exact) mass is 230 g/mol. The standard InChI is InChI=1S/C9H11ClN2OS/c1-5(2)8(13)7-6(10)4-11-9(12-7)14-3/h4-5H,1-3H3. The third-order valence-electron chi connectivity index (χ3n) is 1.66. The molecule has 0 saturated carbocycles. The van der Waals surface area contributed by atoms with Gasteiger partial charge in [0.25, 0.3) is 0 Å². The second-order valence-electron chi connectivity index (χ2n) is 3.07. The van der Waals surface area contributed by atoms with Crippen molar-refractivity contribution in [3.05, 3.63) is 16.9 Å². The number of hydrogen-bond acceptors (Lipinski definition) is 4. The van der Waals surface area contributed by atoms with E-state index in [1.165, 1.54) is 18.0 Å². The summed E-state index contributed by atoms with van der Waals surface area (Å²) in [6, 6.07) is 0. The molecule has 0 fully saturated rings. The van der Waals surface area contributed by atoms with Gasteiger partial charge in [0.05, 0.1) is 11.2 Å². The van der Waals surface area contributed by atoms with Crippen LogP contribution in [-0.4, -0.2) is 22.0 Å². The molecule has 0 unspecified atom stereocenters. The third-order valence-corrected chi connectivity index (χ3v) is 2.50. The van der Waals surface area contributed by atoms with Crippen molar-refractivity contribution < 1.29 is 4.79 Å². The number of halogens is 1. The molecule has 76 valence electrons. The maximum atomic E-state index is 11.6. The molecule has 5 heteroatoms. The number of rotatable bonds is 3. The van der Waals surface area contributed by atoms with Gasteiger partial charge in [-0.2, -0.15) is 0 Å². The number of carbonyl (C=O) groups is 1. The second-order valence-corrected chi connectivity index (χ2v) is 4.25. The lowest BCUT2D eigenvalue weighted by Crippen LogP contribution is -2.11. The predicted molar refractivity (Wildman–Crippen MR) is 58.0 cm³/mol. The zero-order chi connectivity index (χ0) is 10.7. The molecule has 0 aliphatic carbocycles. The number of hydrogen-bond donors (Lipinski definition) is 0. The predicted octanol–water partition coefficient (Wildman–Crippen LogP) is 2.69. The Bertz CT molecular complexity index is 355. The first-order chi connectivity index (χ1) is 6.56. The van der Waals surface area contributed by atoms with Gasteiger partial charge < -0.3 is 0 Å². The molecule has 0 saturated heterocycles. The van der Waals surface area contributed by atoms with E-state index in [-0.39, 0.29) is 11.7 Å². The van der Waals surface area contributed by atoms with Gasteiger partial charge in [-0.3, -0.25) is 4.79 Å². The highest BCUT2D eigenvalue weighted by atomic mass is 35.5. The average Bonchev–Trinajstić information content (AvgIpc) is 2.17. The normalized spacial score (nSPS) is 10.6. The van der Waals surface area contributed by atoms with Crippen molar-refractivity contribution in [1.82, 2.24) is 9.97 Å². The van der Waals surface area contributed by atoms with Crippen LogP contribution in [-0.2, 0) is 0 Å². The van der Waals surface area contributed by atoms with Crippen LogP contribution < -0.4 is 0 Å². The van der Waals surface area contributed by atoms with E-state index in [1.807, 2.05) is 20.1 Å². The molecule has 0 bridgehead atoms. The summed E-state index contributed by atoms with van der Waals surface area (Å²) >= 11 is 7.22. The van der Waals surface area contributed by atoms with Crippen molar-refractivity contribution in [3.8, 4) is 0 Å². The summed E-state index contributed by atoms with van der Waals surface area (Å²) < 4.78 is 0. The van der Waals surface area contributed by atoms with Crippen LogP contribution in [0.5, 0.6) is 0 Å². The van der Waals surface area contributed by atoms with E-state index in [0.29, 0.717) is 15.9 Å². The fourth-order valence-corrected chi connectivity index (χ4v) is 1.42. The molecular formula is C9H11ClN2OS. The van der Waals surface area contributed by atoms with Crippen LogP contribution >= 0.6 is 23.4 Å². The highest BCUT2D eigenvalue weighted by molar-refractivity contribution is 7.98. The van der Waals surface area contributed by atoms with Gasteiger partial charge in [-0.25, -0.2) is 9.97 Å². The Hall–Kier alpha value is -0.610. The molecule has 0 amide bonds. The molecule has 3 nitrogen and oxygen atoms in total. The molecule has 0 spiro atoms. The largest absolute Gasteiger partial charge is 0.292 e. The third kappa shape index (κ3) is 2.45. The van der Waals surface area contributed by atoms with E-state index in [4.69, 9.17) is 11.6 Å². The zero-order valence-corrected chi connectivity index (χ0v) is 9.82. The molecule has 1 rings (SSSR count). The fraction of sp³-hybridized carbons (Fsp3) is 0.444. The van der Waals surface area contributed by atoms with Gasteiger partial charge in [0, 0.05) is 5.92 Å². The maximum Gasteiger partial charge on any atom is 0.188 e. The highest BCUT2D eigenvalue weighted by Gasteiger charge is 2.16. The molecule has 0 aliphatic heterocycles. The number of ketones is 1. The lowest BCUT2D eigenvalue weighted by molar-refractivity contribution is 0.0933. The number of carbonyl (C=O) groups excluding carboxylic acids is 1. The van der Waals surface area contributed by atoms with E-state index in [0.717, 1.165) is 0 Å². The van der Waals surface area contributed by atoms with E-state index in [1.54, 1.807) is 0 Å². The van der Waals surface area contributed by atoms with Crippen LogP contribution in [0.15, 0.2) is 11.4 Å². The maximum absolute atomic E-state index is 11.6. The summed E-state index contributed by atoms with van der Waals surface area (Å²) in [6.07, 6.45) is 3.32. The van der Waals surface area contributed by atoms with Gasteiger partial charge in [0.15, 0.2) is 10.9 Å². The Labute approximate surface area is 92.3 Å². The quantitative estimate of drug-likeness (QED) is 0.455. The van der Waals surface area contributed by atoms with Crippen molar-refractivity contribution in [1.29, 1.82) is 0 Å². The van der Waals surface area contributed by atoms with Crippen molar-refractivity contribution >= 4 is 29.1 Å². The number of nitrogens with zero attached hydrogens (tertiary/aromatic N) is 2. The van der Waals surface area contributed by atoms with Gasteiger partial charge in [0.2, 0.25) is 0 Å². The lowest BCUT2D eigenvalue weighted by Gasteiger charge is -2.05. The number of Topliss-reactive ketones (excluding diaryl/α,β-unsaturated/α-hetero) is 1. The Morgan fingerprint density at radius 2 is 2.21 bits per heavy atom. The van der Waals surface area contributed by atoms with Crippen molar-refractivity contribution in [2.75, 3.05) is 6.26 Å². The summed E-state index contributed by atoms with van der Waals surface area (Å²) in [5.74, 6) is -0.148. The fourth-order valence-electron chi connectivity index (χ4n) is 0.896. The number of thioether (sulfide) groups is 1. The SMILES string of the molecule is CSc1ncc(Cl)c(C(=O)C(C)C)n1. The molecule has 0 radical (unpaired) electrons. The van der Waals surface area contributed by atoms with E-state index in [2.05, 4.69) is 9.97 Å². The average molecular weight is 231 g/mol. The lowest BCUT2D eigenvalue weighted by atomic mass is 10.1. The molecule has 1 aromatic rings. The van der Waals surface area contributed by atoms with Crippen LogP contribution in [0.4, 0.5) is 0 Å². The Morgan fingerprint density at radius 1 is 1.57 bits per heavy atom. The van der Waals surface area contributed by atoms with Gasteiger partial charge in [-0.05, 0) is 6.26 Å². The zero-order valence-electron chi connectivity index (χ0n) is 8.24. The molecule has 14 heavy (non-hydrogen) atoms. The van der Waals surface area contributed by atoms with Crippen molar-refractivity contribution in [3.63, 3.8) is 0 Å². The molecular weight excluding hydrogens is 220 g/mol. The first kappa shape index (κ1) is 11.5. The summed E-state index contributed by atoms with van der Waals surface area (Å²) in [5, 5.41) is 0.889. The Morgan fingerprint density at radius 3 is 2.71 bits per heavy atom. The Balaban J connectivity index is 3.12. The van der Waals surface area contributed by atoms with Gasteiger partial charge in [-0.1, -0.05) is 37.2 Å². The van der Waals surface area contributed by atoms with Crippen LogP contribution in [0.1, 0.15) is 24.3 Å². The first-order valence-electron chi connectivity index (χ1n) is 4.17. The number of aromatic nitrogens is 2. The summed E-state index contributed by atoms with van der Waals surface area (Å²) in [5.41, 5.74) is 0.320. The minimum absolute atomic E-state index is 0.0484. The minimum atomic E-state index is -0.0999. The van der Waals surface area contributed by atoms with Gasteiger partial charge in [0.1, 0.15) is 5.69 Å². The minimum Gasteiger partial charge on any atom is -0.292 e. The van der Waals surface area contributed by atoms with Crippen LogP contribution in [0.25, 0.3) is 0 Å². The van der Waals surface area contributed by atoms with Crippen molar-refractivity contribution in [2.24, 2.45) is 5.92 Å². The van der Waals surface area contributed by atoms with Crippen molar-refractivity contribution in [2.45, 2.75) is 19.0 Å². The van der Waals surface area contributed by atoms with E-state index < -0.39 is 0 Å². The topological polar surface area (TPSA) is 42.9 Å². The summed E-state index contributed by atoms with van der Waals surface area (Å²) in [6.45, 7) is 3.64. The van der Waals surface area contributed by atoms with E-state index >= 15 is 0 Å². The van der Waals surface area contributed by atoms with Gasteiger partial charge in [-0.15, -0.1) is 0 Å². The molecule has 1 heterocycles. The highest BCUT2D eigenvalue weighted by Crippen LogP contribution is 2.19. The van der Waals surface area contributed by atoms with Gasteiger partial charge >= 0.3 is 0 Å². The Kier molecular flexibility index (Phi) is 3.89. The summed E-state index contributed by atoms with van der Waals surface area (Å²) in [7, 11) is 0. The molecule has 0 aromatic carbocycles. The van der Waals surface area contributed by atoms with Crippen LogP contribution in [0, 0.1) is 5.92 Å². The second kappa shape index (κ2) is 4.75.